The van der Waals surface area contributed by atoms with Crippen LogP contribution < -0.4 is 31.1 Å². The number of anilines is 10. The summed E-state index contributed by atoms with van der Waals surface area (Å²) in [6.07, 6.45) is 7.45. The molecule has 0 bridgehead atoms. The number of pyridine rings is 4. The van der Waals surface area contributed by atoms with E-state index >= 15 is 0 Å². The fourth-order valence-electron chi connectivity index (χ4n) is 16.8. The molecular weight excluding hydrogens is 1470 g/mol. The summed E-state index contributed by atoms with van der Waals surface area (Å²) in [5.74, 6) is 5.49. The maximum Gasteiger partial charge on any atom is 0.212 e. The van der Waals surface area contributed by atoms with Crippen LogP contribution in [-0.4, -0.2) is 43.3 Å². The van der Waals surface area contributed by atoms with Crippen LogP contribution in [0.4, 0.5) is 80.1 Å². The molecule has 0 radical (unpaired) electrons. The van der Waals surface area contributed by atoms with Gasteiger partial charge in [0.25, 0.3) is 0 Å². The van der Waals surface area contributed by atoms with Crippen LogP contribution in [0.1, 0.15) is 33.4 Å². The van der Waals surface area contributed by atoms with Crippen molar-refractivity contribution in [3.05, 3.63) is 409 Å². The lowest BCUT2D eigenvalue weighted by Gasteiger charge is -2.26. The molecule has 16 heteroatoms. The molecule has 0 amide bonds. The lowest BCUT2D eigenvalue weighted by atomic mass is 9.99. The van der Waals surface area contributed by atoms with Crippen LogP contribution in [0, 0.1) is 17.9 Å². The SMILES string of the molecule is [C-]#[N+]/C(=C(/C#N)c1ccc(N(c2ccc(-c3ccc(N=C4Nc5cccc6cccc4c56)nc3)cc2)c2ccc(-c3ccc(N=C4Nc5cccc6cccc4c56)nc3)cc2)cc1)c1ccc(N(c2ccc(-c3ccc(N=C4Nc5cccc6cccc4c56)nc3)cc2)c2ccc(-c3ccc(N=C4Nc5cccc6cccc4c56)nc3)cc2)cc1. The van der Waals surface area contributed by atoms with Gasteiger partial charge in [-0.05, 0) is 201 Å². The Labute approximate surface area is 689 Å². The van der Waals surface area contributed by atoms with Crippen LogP contribution in [0.2, 0.25) is 0 Å². The minimum absolute atomic E-state index is 0.225. The third-order valence-electron chi connectivity index (χ3n) is 22.7. The second kappa shape index (κ2) is 29.1. The van der Waals surface area contributed by atoms with E-state index in [1.54, 1.807) is 0 Å². The first-order valence-corrected chi connectivity index (χ1v) is 39.4. The van der Waals surface area contributed by atoms with Gasteiger partial charge in [0.1, 0.15) is 23.3 Å². The zero-order valence-corrected chi connectivity index (χ0v) is 64.0. The molecule has 4 aliphatic rings. The predicted molar refractivity (Wildman–Crippen MR) is 489 cm³/mol. The summed E-state index contributed by atoms with van der Waals surface area (Å²) in [4.78, 5) is 47.6. The highest BCUT2D eigenvalue weighted by molar-refractivity contribution is 6.29. The van der Waals surface area contributed by atoms with E-state index in [4.69, 9.17) is 46.5 Å². The summed E-state index contributed by atoms with van der Waals surface area (Å²) in [5.41, 5.74) is 23.0. The van der Waals surface area contributed by atoms with E-state index in [0.717, 1.165) is 190 Å². The van der Waals surface area contributed by atoms with Gasteiger partial charge in [0.15, 0.2) is 23.3 Å². The first-order valence-electron chi connectivity index (χ1n) is 39.4. The Morgan fingerprint density at radius 2 is 0.508 bits per heavy atom. The van der Waals surface area contributed by atoms with Gasteiger partial charge in [-0.25, -0.2) is 44.8 Å². The second-order valence-corrected chi connectivity index (χ2v) is 29.7. The van der Waals surface area contributed by atoms with Crippen molar-refractivity contribution in [1.29, 1.82) is 5.26 Å². The standard InChI is InChI=1S/C104H64N16/c1-106-100(72-36-52-82(53-37-72)120(79-46-30-65(31-47-79)75-40-56-94(109-61-75)117-103-85-20-4-12-70-16-8-24-90(113-103)98(70)85)80-48-32-66(33-49-80)76-41-57-95(110-62-76)118-104-86-21-5-13-71-17-9-25-91(114-104)99(71)86)87(58-105)67-34-50-81(51-35-67)119(77-42-26-63(27-43-77)73-38-54-92(107-59-73)115-101-83-18-2-10-68-14-6-22-88(111-101)96(68)83)78-44-28-64(29-45-78)74-39-55-93(108-60-74)116-102-84-19-3-11-69-15-7-23-89(112-102)97(69)84/h2-57,59-62H,(H,107,111,115)(H,108,112,116)(H,109,113,117)(H,110,114,118)/b100-87-. The third-order valence-corrected chi connectivity index (χ3v) is 22.7. The maximum absolute atomic E-state index is 11.2. The molecule has 4 N–H and O–H groups in total. The van der Waals surface area contributed by atoms with Crippen molar-refractivity contribution in [2.45, 2.75) is 0 Å². The zero-order chi connectivity index (χ0) is 79.7. The lowest BCUT2D eigenvalue weighted by molar-refractivity contribution is 1.26. The molecule has 22 rings (SSSR count). The molecule has 4 aliphatic heterocycles. The minimum Gasteiger partial charge on any atom is -0.339 e. The Balaban J connectivity index is 0.557. The number of amidine groups is 4. The van der Waals surface area contributed by atoms with Crippen LogP contribution in [0.15, 0.2) is 384 Å². The second-order valence-electron chi connectivity index (χ2n) is 29.7. The van der Waals surface area contributed by atoms with Gasteiger partial charge in [-0.3, -0.25) is 0 Å². The zero-order valence-electron chi connectivity index (χ0n) is 64.0. The normalized spacial score (nSPS) is 14.1. The molecule has 4 aromatic heterocycles. The molecule has 560 valence electrons. The Morgan fingerprint density at radius 3 is 0.742 bits per heavy atom. The number of aromatic nitrogens is 4. The van der Waals surface area contributed by atoms with E-state index in [1.165, 1.54) is 0 Å². The number of rotatable bonds is 16. The Bertz CT molecular complexity index is 6610. The molecule has 0 saturated carbocycles. The molecule has 0 spiro atoms. The van der Waals surface area contributed by atoms with Gasteiger partial charge in [0, 0.05) is 148 Å². The molecule has 14 aromatic carbocycles. The third kappa shape index (κ3) is 12.6. The summed E-state index contributed by atoms with van der Waals surface area (Å²) in [6, 6.07) is 118. The van der Waals surface area contributed by atoms with Gasteiger partial charge < -0.3 is 31.1 Å². The van der Waals surface area contributed by atoms with Crippen molar-refractivity contribution < 1.29 is 0 Å². The molecule has 0 fully saturated rings. The van der Waals surface area contributed by atoms with Gasteiger partial charge in [-0.1, -0.05) is 194 Å². The Kier molecular flexibility index (Phi) is 16.9. The lowest BCUT2D eigenvalue weighted by Crippen LogP contribution is -2.10. The summed E-state index contributed by atoms with van der Waals surface area (Å²) in [5, 5.41) is 34.5. The summed E-state index contributed by atoms with van der Waals surface area (Å²) < 4.78 is 0. The predicted octanol–water partition coefficient (Wildman–Crippen LogP) is 25.8. The van der Waals surface area contributed by atoms with Gasteiger partial charge in [0.2, 0.25) is 5.70 Å². The quantitative estimate of drug-likeness (QED) is 0.0410. The average molecular weight is 1540 g/mol. The van der Waals surface area contributed by atoms with Gasteiger partial charge in [-0.15, -0.1) is 0 Å². The van der Waals surface area contributed by atoms with Crippen molar-refractivity contribution in [2.75, 3.05) is 31.1 Å². The number of benzene rings is 14. The average Bonchev–Trinajstić information content (AvgIpc) is 1.73. The molecule has 0 saturated heterocycles. The molecule has 120 heavy (non-hydrogen) atoms. The van der Waals surface area contributed by atoms with E-state index in [9.17, 15) is 5.26 Å². The Hall–Kier alpha value is -17.1. The fourth-order valence-corrected chi connectivity index (χ4v) is 16.8. The number of nitriles is 1. The van der Waals surface area contributed by atoms with Crippen LogP contribution in [0.25, 0.3) is 104 Å². The number of allylic oxidation sites excluding steroid dienone is 1. The maximum atomic E-state index is 11.2. The minimum atomic E-state index is 0.225. The van der Waals surface area contributed by atoms with Gasteiger partial charge in [0.05, 0.1) is 18.2 Å². The van der Waals surface area contributed by atoms with Gasteiger partial charge in [-0.2, -0.15) is 5.26 Å². The van der Waals surface area contributed by atoms with E-state index in [1.807, 2.05) is 97.6 Å². The Morgan fingerprint density at radius 1 is 0.275 bits per heavy atom. The number of nitrogens with zero attached hydrogens (tertiary/aromatic N) is 12. The van der Waals surface area contributed by atoms with Crippen molar-refractivity contribution in [1.82, 2.24) is 19.9 Å². The highest BCUT2D eigenvalue weighted by Crippen LogP contribution is 2.44. The number of hydrogen-bond donors (Lipinski definition) is 4. The number of nitrogens with one attached hydrogen (secondary N) is 4. The van der Waals surface area contributed by atoms with Crippen molar-refractivity contribution >= 4 is 158 Å². The monoisotopic (exact) mass is 1540 g/mol. The van der Waals surface area contributed by atoms with Crippen LogP contribution in [-0.2, 0) is 0 Å². The van der Waals surface area contributed by atoms with E-state index in [0.29, 0.717) is 34.4 Å². The number of hydrogen-bond acceptors (Lipinski definition) is 11. The summed E-state index contributed by atoms with van der Waals surface area (Å²) >= 11 is 0. The topological polar surface area (TPSA) is 184 Å². The van der Waals surface area contributed by atoms with E-state index < -0.39 is 0 Å². The molecule has 0 unspecified atom stereocenters. The molecule has 0 atom stereocenters. The van der Waals surface area contributed by atoms with Crippen molar-refractivity contribution in [3.63, 3.8) is 0 Å². The van der Waals surface area contributed by atoms with Crippen LogP contribution in [0.5, 0.6) is 0 Å². The molecule has 18 aromatic rings. The van der Waals surface area contributed by atoms with Gasteiger partial charge >= 0.3 is 0 Å². The summed E-state index contributed by atoms with van der Waals surface area (Å²) in [7, 11) is 0. The summed E-state index contributed by atoms with van der Waals surface area (Å²) in [6.45, 7) is 8.72. The molecule has 8 heterocycles. The van der Waals surface area contributed by atoms with Crippen molar-refractivity contribution in [3.8, 4) is 50.6 Å². The highest BCUT2D eigenvalue weighted by Gasteiger charge is 2.26. The highest BCUT2D eigenvalue weighted by atomic mass is 15.2. The van der Waals surface area contributed by atoms with E-state index in [-0.39, 0.29) is 11.3 Å². The smallest absolute Gasteiger partial charge is 0.212 e. The molecule has 16 nitrogen and oxygen atoms in total. The molecular formula is C104H64N16. The number of aliphatic imine (C=N–C) groups is 4. The fraction of sp³-hybridized carbons (Fsp3) is 0. The molecule has 0 aliphatic carbocycles. The van der Waals surface area contributed by atoms with E-state index in [2.05, 4.69) is 309 Å². The largest absolute Gasteiger partial charge is 0.339 e. The first kappa shape index (κ1) is 69.6. The first-order chi connectivity index (χ1) is 59.3. The van der Waals surface area contributed by atoms with Crippen molar-refractivity contribution in [2.24, 2.45) is 20.0 Å². The van der Waals surface area contributed by atoms with Crippen LogP contribution >= 0.6 is 0 Å². The van der Waals surface area contributed by atoms with Crippen LogP contribution in [0.3, 0.4) is 0 Å².